The Bertz CT molecular complexity index is 414. The van der Waals surface area contributed by atoms with Crippen LogP contribution in [0.4, 0.5) is 13.2 Å². The summed E-state index contributed by atoms with van der Waals surface area (Å²) in [5.41, 5.74) is -5.15. The molecule has 1 atom stereocenters. The number of halogens is 3. The lowest BCUT2D eigenvalue weighted by Gasteiger charge is -2.39. The summed E-state index contributed by atoms with van der Waals surface area (Å²) in [4.78, 5) is 3.97. The molecule has 5 nitrogen and oxygen atoms in total. The van der Waals surface area contributed by atoms with Gasteiger partial charge < -0.3 is 4.74 Å². The Morgan fingerprint density at radius 2 is 1.90 bits per heavy atom. The summed E-state index contributed by atoms with van der Waals surface area (Å²) in [7, 11) is -5.02. The summed E-state index contributed by atoms with van der Waals surface area (Å²) >= 11 is 0. The first-order valence-electron chi connectivity index (χ1n) is 7.00. The van der Waals surface area contributed by atoms with Gasteiger partial charge in [0.05, 0.1) is 12.4 Å². The van der Waals surface area contributed by atoms with Crippen LogP contribution in [0.5, 0.6) is 0 Å². The number of rotatable bonds is 7. The van der Waals surface area contributed by atoms with E-state index >= 15 is 0 Å². The first-order valence-corrected chi connectivity index (χ1v) is 8.65. The van der Waals surface area contributed by atoms with Crippen molar-refractivity contribution in [3.8, 4) is 0 Å². The van der Waals surface area contributed by atoms with Gasteiger partial charge in [-0.3, -0.25) is 9.80 Å². The van der Waals surface area contributed by atoms with E-state index in [9.17, 15) is 21.6 Å². The van der Waals surface area contributed by atoms with Crippen LogP contribution in [0.15, 0.2) is 0 Å². The monoisotopic (exact) mass is 332 g/mol. The van der Waals surface area contributed by atoms with Crippen molar-refractivity contribution < 1.29 is 26.3 Å². The predicted octanol–water partition coefficient (Wildman–Crippen LogP) is 0.964. The maximum Gasteiger partial charge on any atom is 0.497 e. The summed E-state index contributed by atoms with van der Waals surface area (Å²) in [6, 6.07) is 0.174. The van der Waals surface area contributed by atoms with E-state index in [1.807, 2.05) is 13.8 Å². The lowest BCUT2D eigenvalue weighted by atomic mass is 10.2. The quantitative estimate of drug-likeness (QED) is 0.650. The number of sulfone groups is 1. The average molecular weight is 332 g/mol. The Labute approximate surface area is 124 Å². The van der Waals surface area contributed by atoms with Gasteiger partial charge in [-0.2, -0.15) is 13.2 Å². The minimum absolute atomic E-state index is 0.0779. The second-order valence-corrected chi connectivity index (χ2v) is 7.25. The molecule has 0 spiro atoms. The molecule has 0 aliphatic carbocycles. The third kappa shape index (κ3) is 5.72. The lowest BCUT2D eigenvalue weighted by molar-refractivity contribution is -0.0438. The molecule has 9 heteroatoms. The zero-order valence-corrected chi connectivity index (χ0v) is 13.2. The third-order valence-corrected chi connectivity index (χ3v) is 5.03. The fraction of sp³-hybridized carbons (Fsp3) is 1.00. The van der Waals surface area contributed by atoms with Crippen LogP contribution in [0.25, 0.3) is 0 Å². The Morgan fingerprint density at radius 1 is 1.24 bits per heavy atom. The molecule has 126 valence electrons. The van der Waals surface area contributed by atoms with Crippen LogP contribution >= 0.6 is 0 Å². The molecule has 1 saturated heterocycles. The molecule has 1 fully saturated rings. The topological polar surface area (TPSA) is 49.9 Å². The summed E-state index contributed by atoms with van der Waals surface area (Å²) in [5.74, 6) is -0.873. The lowest BCUT2D eigenvalue weighted by Crippen LogP contribution is -2.53. The van der Waals surface area contributed by atoms with Crippen molar-refractivity contribution in [2.45, 2.75) is 25.4 Å². The number of ether oxygens (including phenoxy) is 1. The number of piperazine rings is 1. The van der Waals surface area contributed by atoms with Crippen molar-refractivity contribution in [1.29, 1.82) is 0 Å². The SMILES string of the molecule is CCOCCN1CCN(CCS(=O)(=O)C(F)(F)F)C[C@@H]1C. The molecule has 0 N–H and O–H groups in total. The Balaban J connectivity index is 2.38. The smallest absolute Gasteiger partial charge is 0.380 e. The van der Waals surface area contributed by atoms with E-state index in [2.05, 4.69) is 4.90 Å². The van der Waals surface area contributed by atoms with Crippen LogP contribution in [0, 0.1) is 0 Å². The van der Waals surface area contributed by atoms with Gasteiger partial charge in [0, 0.05) is 45.4 Å². The minimum atomic E-state index is -5.15. The van der Waals surface area contributed by atoms with Gasteiger partial charge in [0.25, 0.3) is 0 Å². The fourth-order valence-corrected chi connectivity index (χ4v) is 3.03. The molecule has 0 aromatic heterocycles. The Hall–Kier alpha value is -0.380. The van der Waals surface area contributed by atoms with Gasteiger partial charge in [-0.05, 0) is 13.8 Å². The summed E-state index contributed by atoms with van der Waals surface area (Å²) in [6.45, 7) is 7.74. The number of hydrogen-bond acceptors (Lipinski definition) is 5. The second-order valence-electron chi connectivity index (χ2n) is 5.15. The van der Waals surface area contributed by atoms with Crippen molar-refractivity contribution >= 4 is 9.84 Å². The first-order chi connectivity index (χ1) is 9.67. The molecule has 0 saturated carbocycles. The van der Waals surface area contributed by atoms with E-state index in [1.54, 1.807) is 4.90 Å². The molecule has 0 bridgehead atoms. The number of hydrogen-bond donors (Lipinski definition) is 0. The van der Waals surface area contributed by atoms with Crippen molar-refractivity contribution in [2.75, 3.05) is 51.7 Å². The Kier molecular flexibility index (Phi) is 6.89. The molecule has 1 rings (SSSR count). The summed E-state index contributed by atoms with van der Waals surface area (Å²) in [6.07, 6.45) is 0. The van der Waals surface area contributed by atoms with Gasteiger partial charge in [-0.25, -0.2) is 8.42 Å². The summed E-state index contributed by atoms with van der Waals surface area (Å²) in [5, 5.41) is 0. The standard InChI is InChI=1S/C12H23F3N2O3S/c1-3-20-8-6-17-5-4-16(10-11(17)2)7-9-21(18,19)12(13,14)15/h11H,3-10H2,1-2H3/t11-/m0/s1. The minimum Gasteiger partial charge on any atom is -0.380 e. The number of alkyl halides is 3. The van der Waals surface area contributed by atoms with E-state index in [0.29, 0.717) is 32.8 Å². The van der Waals surface area contributed by atoms with Gasteiger partial charge in [-0.15, -0.1) is 0 Å². The Morgan fingerprint density at radius 3 is 2.43 bits per heavy atom. The van der Waals surface area contributed by atoms with Crippen LogP contribution < -0.4 is 0 Å². The van der Waals surface area contributed by atoms with Crippen LogP contribution in [0.2, 0.25) is 0 Å². The maximum atomic E-state index is 12.3. The molecule has 1 heterocycles. The van der Waals surface area contributed by atoms with Crippen molar-refractivity contribution in [3.05, 3.63) is 0 Å². The highest BCUT2D eigenvalue weighted by Gasteiger charge is 2.45. The van der Waals surface area contributed by atoms with Gasteiger partial charge in [0.15, 0.2) is 0 Å². The molecular weight excluding hydrogens is 309 g/mol. The molecule has 0 radical (unpaired) electrons. The molecule has 0 aromatic rings. The molecule has 0 aromatic carbocycles. The van der Waals surface area contributed by atoms with Crippen molar-refractivity contribution in [2.24, 2.45) is 0 Å². The zero-order valence-electron chi connectivity index (χ0n) is 12.4. The molecule has 1 aliphatic rings. The highest BCUT2D eigenvalue weighted by molar-refractivity contribution is 7.92. The van der Waals surface area contributed by atoms with Gasteiger partial charge in [-0.1, -0.05) is 0 Å². The van der Waals surface area contributed by atoms with E-state index < -0.39 is 21.1 Å². The van der Waals surface area contributed by atoms with Crippen molar-refractivity contribution in [1.82, 2.24) is 9.80 Å². The third-order valence-electron chi connectivity index (χ3n) is 3.61. The second kappa shape index (κ2) is 7.75. The predicted molar refractivity (Wildman–Crippen MR) is 73.8 cm³/mol. The molecule has 21 heavy (non-hydrogen) atoms. The molecule has 0 unspecified atom stereocenters. The van der Waals surface area contributed by atoms with Gasteiger partial charge in [0.1, 0.15) is 0 Å². The molecular formula is C12H23F3N2O3S. The largest absolute Gasteiger partial charge is 0.497 e. The molecule has 1 aliphatic heterocycles. The zero-order chi connectivity index (χ0) is 16.1. The highest BCUT2D eigenvalue weighted by Crippen LogP contribution is 2.24. The van der Waals surface area contributed by atoms with Crippen molar-refractivity contribution in [3.63, 3.8) is 0 Å². The first kappa shape index (κ1) is 18.7. The maximum absolute atomic E-state index is 12.3. The van der Waals surface area contributed by atoms with Crippen LogP contribution in [0.3, 0.4) is 0 Å². The van der Waals surface area contributed by atoms with Gasteiger partial charge >= 0.3 is 5.51 Å². The fourth-order valence-electron chi connectivity index (χ4n) is 2.30. The van der Waals surface area contributed by atoms with Crippen LogP contribution in [-0.2, 0) is 14.6 Å². The normalized spacial score (nSPS) is 22.6. The number of nitrogens with zero attached hydrogens (tertiary/aromatic N) is 2. The van der Waals surface area contributed by atoms with E-state index in [0.717, 1.165) is 6.54 Å². The highest BCUT2D eigenvalue weighted by atomic mass is 32.2. The van der Waals surface area contributed by atoms with E-state index in [4.69, 9.17) is 4.74 Å². The van der Waals surface area contributed by atoms with E-state index in [-0.39, 0.29) is 12.6 Å². The summed E-state index contributed by atoms with van der Waals surface area (Å²) < 4.78 is 64.2. The van der Waals surface area contributed by atoms with Crippen LogP contribution in [0.1, 0.15) is 13.8 Å². The average Bonchev–Trinajstić information content (AvgIpc) is 2.37. The van der Waals surface area contributed by atoms with Crippen LogP contribution in [-0.4, -0.2) is 81.5 Å². The van der Waals surface area contributed by atoms with E-state index in [1.165, 1.54) is 0 Å². The van der Waals surface area contributed by atoms with Gasteiger partial charge in [0.2, 0.25) is 9.84 Å². The molecule has 0 amide bonds.